The smallest absolute Gasteiger partial charge is 0.243 e. The SMILES string of the molecule is CCCCOc1ccc(S(=O)(=O)N2CCN(c3ccc(-n4cccc4)nn3)CC2)cc1. The van der Waals surface area contributed by atoms with Crippen molar-refractivity contribution >= 4 is 15.8 Å². The molecule has 0 aliphatic carbocycles. The fourth-order valence-corrected chi connectivity index (χ4v) is 4.88. The van der Waals surface area contributed by atoms with E-state index < -0.39 is 10.0 Å². The number of anilines is 1. The van der Waals surface area contributed by atoms with Crippen LogP contribution in [0.25, 0.3) is 5.82 Å². The molecule has 2 aromatic heterocycles. The predicted molar refractivity (Wildman–Crippen MR) is 119 cm³/mol. The zero-order chi connectivity index (χ0) is 21.7. The van der Waals surface area contributed by atoms with Crippen LogP contribution in [-0.4, -0.2) is 60.3 Å². The number of unbranched alkanes of at least 4 members (excludes halogenated alkanes) is 1. The van der Waals surface area contributed by atoms with E-state index in [9.17, 15) is 8.42 Å². The molecule has 0 atom stereocenters. The van der Waals surface area contributed by atoms with Crippen molar-refractivity contribution in [1.82, 2.24) is 19.1 Å². The van der Waals surface area contributed by atoms with E-state index in [-0.39, 0.29) is 0 Å². The predicted octanol–water partition coefficient (Wildman–Crippen LogP) is 2.96. The van der Waals surface area contributed by atoms with Gasteiger partial charge in [0.05, 0.1) is 11.5 Å². The number of rotatable bonds is 8. The summed E-state index contributed by atoms with van der Waals surface area (Å²) in [6.45, 7) is 4.67. The van der Waals surface area contributed by atoms with Gasteiger partial charge in [-0.25, -0.2) is 8.42 Å². The summed E-state index contributed by atoms with van der Waals surface area (Å²) in [7, 11) is -3.53. The highest BCUT2D eigenvalue weighted by molar-refractivity contribution is 7.89. The summed E-state index contributed by atoms with van der Waals surface area (Å²) in [4.78, 5) is 2.35. The van der Waals surface area contributed by atoms with Crippen LogP contribution in [0.3, 0.4) is 0 Å². The molecule has 0 unspecified atom stereocenters. The van der Waals surface area contributed by atoms with Crippen molar-refractivity contribution in [1.29, 1.82) is 0 Å². The van der Waals surface area contributed by atoms with Crippen LogP contribution in [0.4, 0.5) is 5.82 Å². The monoisotopic (exact) mass is 441 g/mol. The molecule has 0 N–H and O–H groups in total. The van der Waals surface area contributed by atoms with E-state index in [1.54, 1.807) is 24.3 Å². The van der Waals surface area contributed by atoms with Gasteiger partial charge in [-0.1, -0.05) is 13.3 Å². The number of hydrogen-bond donors (Lipinski definition) is 0. The average molecular weight is 442 g/mol. The summed E-state index contributed by atoms with van der Waals surface area (Å²) in [5.41, 5.74) is 0. The maximum atomic E-state index is 13.0. The van der Waals surface area contributed by atoms with Gasteiger partial charge in [-0.15, -0.1) is 10.2 Å². The van der Waals surface area contributed by atoms with Crippen molar-refractivity contribution in [2.24, 2.45) is 0 Å². The van der Waals surface area contributed by atoms with Crippen molar-refractivity contribution in [3.63, 3.8) is 0 Å². The molecule has 3 aromatic rings. The number of benzene rings is 1. The Hall–Kier alpha value is -2.91. The van der Waals surface area contributed by atoms with Gasteiger partial charge in [0, 0.05) is 38.6 Å². The molecular weight excluding hydrogens is 414 g/mol. The van der Waals surface area contributed by atoms with Gasteiger partial charge in [-0.2, -0.15) is 4.31 Å². The first-order valence-corrected chi connectivity index (χ1v) is 12.0. The summed E-state index contributed by atoms with van der Waals surface area (Å²) in [6, 6.07) is 14.4. The van der Waals surface area contributed by atoms with Crippen molar-refractivity contribution in [2.45, 2.75) is 24.7 Å². The van der Waals surface area contributed by atoms with Gasteiger partial charge in [0.15, 0.2) is 11.6 Å². The number of hydrogen-bond acceptors (Lipinski definition) is 6. The second kappa shape index (κ2) is 9.49. The first-order chi connectivity index (χ1) is 15.1. The Balaban J connectivity index is 1.36. The van der Waals surface area contributed by atoms with Crippen LogP contribution >= 0.6 is 0 Å². The molecule has 164 valence electrons. The Labute approximate surface area is 183 Å². The van der Waals surface area contributed by atoms with Crippen LogP contribution in [0.5, 0.6) is 5.75 Å². The maximum Gasteiger partial charge on any atom is 0.243 e. The van der Waals surface area contributed by atoms with E-state index in [1.807, 2.05) is 41.2 Å². The van der Waals surface area contributed by atoms with Gasteiger partial charge in [-0.05, 0) is 55.0 Å². The summed E-state index contributed by atoms with van der Waals surface area (Å²) in [5, 5.41) is 8.59. The van der Waals surface area contributed by atoms with Crippen LogP contribution in [0.2, 0.25) is 0 Å². The third-order valence-electron chi connectivity index (χ3n) is 5.30. The molecule has 9 heteroatoms. The number of ether oxygens (including phenoxy) is 1. The lowest BCUT2D eigenvalue weighted by atomic mass is 10.3. The average Bonchev–Trinajstić information content (AvgIpc) is 3.35. The van der Waals surface area contributed by atoms with Crippen LogP contribution in [-0.2, 0) is 10.0 Å². The Morgan fingerprint density at radius 3 is 2.16 bits per heavy atom. The van der Waals surface area contributed by atoms with E-state index in [2.05, 4.69) is 22.0 Å². The molecule has 1 fully saturated rings. The second-order valence-electron chi connectivity index (χ2n) is 7.40. The molecule has 31 heavy (non-hydrogen) atoms. The first kappa shape index (κ1) is 21.3. The molecule has 8 nitrogen and oxygen atoms in total. The maximum absolute atomic E-state index is 13.0. The first-order valence-electron chi connectivity index (χ1n) is 10.5. The standard InChI is InChI=1S/C22H27N5O3S/c1-2-3-18-30-19-6-8-20(9-7-19)31(28,29)27-16-14-26(15-17-27)22-11-10-21(23-24-22)25-12-4-5-13-25/h4-13H,2-3,14-18H2,1H3. The molecule has 0 saturated carbocycles. The van der Waals surface area contributed by atoms with Crippen molar-refractivity contribution in [3.8, 4) is 11.6 Å². The van der Waals surface area contributed by atoms with E-state index in [1.165, 1.54) is 4.31 Å². The lowest BCUT2D eigenvalue weighted by molar-refractivity contribution is 0.309. The Bertz CT molecular complexity index is 1060. The minimum absolute atomic E-state index is 0.291. The van der Waals surface area contributed by atoms with Crippen molar-refractivity contribution in [2.75, 3.05) is 37.7 Å². The molecular formula is C22H27N5O3S. The molecule has 1 saturated heterocycles. The Morgan fingerprint density at radius 2 is 1.55 bits per heavy atom. The number of piperazine rings is 1. The van der Waals surface area contributed by atoms with Crippen LogP contribution in [0.15, 0.2) is 65.8 Å². The minimum Gasteiger partial charge on any atom is -0.494 e. The van der Waals surface area contributed by atoms with Crippen LogP contribution in [0.1, 0.15) is 19.8 Å². The van der Waals surface area contributed by atoms with Gasteiger partial charge in [-0.3, -0.25) is 0 Å². The summed E-state index contributed by atoms with van der Waals surface area (Å²) >= 11 is 0. The molecule has 1 aliphatic heterocycles. The topological polar surface area (TPSA) is 80.6 Å². The van der Waals surface area contributed by atoms with Gasteiger partial charge < -0.3 is 14.2 Å². The van der Waals surface area contributed by atoms with Crippen LogP contribution < -0.4 is 9.64 Å². The summed E-state index contributed by atoms with van der Waals surface area (Å²) in [5.74, 6) is 2.19. The molecule has 4 rings (SSSR count). The van der Waals surface area contributed by atoms with Gasteiger partial charge in [0.25, 0.3) is 0 Å². The fourth-order valence-electron chi connectivity index (χ4n) is 3.46. The van der Waals surface area contributed by atoms with Gasteiger partial charge in [0.2, 0.25) is 10.0 Å². The summed E-state index contributed by atoms with van der Waals surface area (Å²) < 4.78 is 35.1. The zero-order valence-electron chi connectivity index (χ0n) is 17.6. The van der Waals surface area contributed by atoms with E-state index in [0.29, 0.717) is 43.4 Å². The van der Waals surface area contributed by atoms with Gasteiger partial charge >= 0.3 is 0 Å². The highest BCUT2D eigenvalue weighted by Gasteiger charge is 2.29. The van der Waals surface area contributed by atoms with E-state index >= 15 is 0 Å². The molecule has 1 aromatic carbocycles. The third-order valence-corrected chi connectivity index (χ3v) is 7.21. The highest BCUT2D eigenvalue weighted by Crippen LogP contribution is 2.22. The normalized spacial score (nSPS) is 15.2. The summed E-state index contributed by atoms with van der Waals surface area (Å²) in [6.07, 6.45) is 5.86. The Morgan fingerprint density at radius 1 is 0.903 bits per heavy atom. The molecule has 0 radical (unpaired) electrons. The number of nitrogens with zero attached hydrogens (tertiary/aromatic N) is 5. The molecule has 3 heterocycles. The van der Waals surface area contributed by atoms with Crippen LogP contribution in [0, 0.1) is 0 Å². The largest absolute Gasteiger partial charge is 0.494 e. The number of aromatic nitrogens is 3. The Kier molecular flexibility index (Phi) is 6.53. The van der Waals surface area contributed by atoms with Crippen molar-refractivity contribution in [3.05, 3.63) is 60.9 Å². The molecule has 1 aliphatic rings. The lowest BCUT2D eigenvalue weighted by Gasteiger charge is -2.34. The number of sulfonamides is 1. The third kappa shape index (κ3) is 4.88. The van der Waals surface area contributed by atoms with Crippen molar-refractivity contribution < 1.29 is 13.2 Å². The zero-order valence-corrected chi connectivity index (χ0v) is 18.4. The lowest BCUT2D eigenvalue weighted by Crippen LogP contribution is -2.49. The molecule has 0 spiro atoms. The molecule has 0 bridgehead atoms. The quantitative estimate of drug-likeness (QED) is 0.500. The highest BCUT2D eigenvalue weighted by atomic mass is 32.2. The minimum atomic E-state index is -3.53. The van der Waals surface area contributed by atoms with Gasteiger partial charge in [0.1, 0.15) is 5.75 Å². The fraction of sp³-hybridized carbons (Fsp3) is 0.364. The van der Waals surface area contributed by atoms with E-state index in [4.69, 9.17) is 4.74 Å². The second-order valence-corrected chi connectivity index (χ2v) is 9.34. The molecule has 0 amide bonds. The van der Waals surface area contributed by atoms with E-state index in [0.717, 1.165) is 24.5 Å².